The number of ether oxygens (including phenoxy) is 1. The lowest BCUT2D eigenvalue weighted by molar-refractivity contribution is 0.0793. The summed E-state index contributed by atoms with van der Waals surface area (Å²) in [6.45, 7) is 4.61. The molecule has 2 unspecified atom stereocenters. The third-order valence-corrected chi connectivity index (χ3v) is 6.51. The Labute approximate surface area is 245 Å². The predicted molar refractivity (Wildman–Crippen MR) is 165 cm³/mol. The molecule has 218 valence electrons. The highest BCUT2D eigenvalue weighted by molar-refractivity contribution is 6.11. The number of amides is 2. The van der Waals surface area contributed by atoms with E-state index in [1.54, 1.807) is 63.4 Å². The maximum Gasteiger partial charge on any atom is 0.273 e. The highest BCUT2D eigenvalue weighted by atomic mass is 16.5. The first-order valence-corrected chi connectivity index (χ1v) is 13.7. The third kappa shape index (κ3) is 8.47. The van der Waals surface area contributed by atoms with Gasteiger partial charge in [-0.1, -0.05) is 36.4 Å². The fourth-order valence-electron chi connectivity index (χ4n) is 4.66. The molecule has 0 aromatic heterocycles. The van der Waals surface area contributed by atoms with Crippen molar-refractivity contribution in [2.45, 2.75) is 32.6 Å². The zero-order valence-electron chi connectivity index (χ0n) is 23.9. The van der Waals surface area contributed by atoms with Gasteiger partial charge in [0.05, 0.1) is 36.8 Å². The number of methoxy groups -OCH3 is 1. The number of carbonyl (C=O) groups excluding carboxylic acids is 2. The number of hydrazone groups is 1. The van der Waals surface area contributed by atoms with Crippen molar-refractivity contribution in [3.05, 3.63) is 107 Å². The maximum absolute atomic E-state index is 13.4. The number of aliphatic hydroxyl groups excluding tert-OH is 2. The number of nitrogens with zero attached hydrogens (tertiary/aromatic N) is 2. The monoisotopic (exact) mass is 568 g/mol. The van der Waals surface area contributed by atoms with Gasteiger partial charge in [0.25, 0.3) is 11.8 Å². The van der Waals surface area contributed by atoms with Crippen molar-refractivity contribution in [3.63, 3.8) is 0 Å². The van der Waals surface area contributed by atoms with Crippen LogP contribution in [0.5, 0.6) is 5.75 Å². The van der Waals surface area contributed by atoms with Crippen LogP contribution in [-0.2, 0) is 6.54 Å². The SMILES string of the molecule is COc1ccc(C=NNC(=O)c2cc3ccccc3cc2NC(=O)c2cccc(CN(CC(C)O)CC(C)O)c2)cc1. The second kappa shape index (κ2) is 14.4. The molecule has 0 saturated carbocycles. The molecule has 0 fully saturated rings. The first kappa shape index (κ1) is 30.4. The summed E-state index contributed by atoms with van der Waals surface area (Å²) >= 11 is 0. The Morgan fingerprint density at radius 3 is 2.19 bits per heavy atom. The van der Waals surface area contributed by atoms with Gasteiger partial charge in [-0.15, -0.1) is 0 Å². The van der Waals surface area contributed by atoms with Gasteiger partial charge in [0, 0.05) is 25.2 Å². The fraction of sp³-hybridized carbons (Fsp3) is 0.242. The van der Waals surface area contributed by atoms with Gasteiger partial charge in [0.15, 0.2) is 0 Å². The summed E-state index contributed by atoms with van der Waals surface area (Å²) in [6, 6.07) is 25.5. The minimum absolute atomic E-state index is 0.269. The molecule has 0 heterocycles. The van der Waals surface area contributed by atoms with Crippen LogP contribution in [-0.4, -0.2) is 65.5 Å². The lowest BCUT2D eigenvalue weighted by atomic mass is 10.0. The van der Waals surface area contributed by atoms with Crippen molar-refractivity contribution < 1.29 is 24.5 Å². The number of hydrogen-bond acceptors (Lipinski definition) is 7. The molecule has 2 amide bonds. The van der Waals surface area contributed by atoms with Gasteiger partial charge >= 0.3 is 0 Å². The first-order valence-electron chi connectivity index (χ1n) is 13.7. The number of aliphatic hydroxyl groups is 2. The van der Waals surface area contributed by atoms with E-state index in [0.717, 1.165) is 27.6 Å². The second-order valence-electron chi connectivity index (χ2n) is 10.3. The topological polar surface area (TPSA) is 123 Å². The Balaban J connectivity index is 1.54. The molecule has 0 radical (unpaired) electrons. The average Bonchev–Trinajstić information content (AvgIpc) is 2.96. The summed E-state index contributed by atoms with van der Waals surface area (Å²) in [5.41, 5.74) is 5.23. The van der Waals surface area contributed by atoms with Gasteiger partial charge < -0.3 is 20.3 Å². The van der Waals surface area contributed by atoms with Crippen LogP contribution >= 0.6 is 0 Å². The molecule has 0 aliphatic rings. The van der Waals surface area contributed by atoms with Crippen molar-refractivity contribution in [2.75, 3.05) is 25.5 Å². The number of nitrogens with one attached hydrogen (secondary N) is 2. The lowest BCUT2D eigenvalue weighted by Crippen LogP contribution is -2.35. The highest BCUT2D eigenvalue weighted by Crippen LogP contribution is 2.25. The van der Waals surface area contributed by atoms with Crippen LogP contribution in [0.15, 0.2) is 90.0 Å². The van der Waals surface area contributed by atoms with Crippen molar-refractivity contribution in [1.82, 2.24) is 10.3 Å². The van der Waals surface area contributed by atoms with E-state index in [9.17, 15) is 19.8 Å². The van der Waals surface area contributed by atoms with E-state index < -0.39 is 18.1 Å². The molecular weight excluding hydrogens is 532 g/mol. The summed E-state index contributed by atoms with van der Waals surface area (Å²) in [5, 5.41) is 28.4. The molecule has 0 aliphatic carbocycles. The van der Waals surface area contributed by atoms with Gasteiger partial charge in [-0.25, -0.2) is 5.43 Å². The summed E-state index contributed by atoms with van der Waals surface area (Å²) in [7, 11) is 1.59. The molecule has 0 saturated heterocycles. The first-order chi connectivity index (χ1) is 20.2. The van der Waals surface area contributed by atoms with Crippen molar-refractivity contribution >= 4 is 34.5 Å². The van der Waals surface area contributed by atoms with Crippen LogP contribution in [0.4, 0.5) is 5.69 Å². The molecule has 0 bridgehead atoms. The highest BCUT2D eigenvalue weighted by Gasteiger charge is 2.17. The van der Waals surface area contributed by atoms with E-state index in [0.29, 0.717) is 30.9 Å². The number of carbonyl (C=O) groups is 2. The second-order valence-corrected chi connectivity index (χ2v) is 10.3. The molecule has 9 nitrogen and oxygen atoms in total. The molecule has 4 N–H and O–H groups in total. The Bertz CT molecular complexity index is 1540. The van der Waals surface area contributed by atoms with Gasteiger partial charge in [-0.05, 0) is 84.3 Å². The quantitative estimate of drug-likeness (QED) is 0.148. The standard InChI is InChI=1S/C33H36N4O5/c1-22(38)19-37(20-23(2)39)21-25-7-6-10-28(15-25)32(40)35-31-17-27-9-5-4-8-26(27)16-30(31)33(41)36-34-18-24-11-13-29(42-3)14-12-24/h4-18,22-23,38-39H,19-21H2,1-3H3,(H,35,40)(H,36,41). The largest absolute Gasteiger partial charge is 0.497 e. The van der Waals surface area contributed by atoms with Gasteiger partial charge in [-0.2, -0.15) is 5.10 Å². The molecule has 2 atom stereocenters. The molecule has 4 aromatic rings. The Hall–Kier alpha value is -4.57. The van der Waals surface area contributed by atoms with Crippen molar-refractivity contribution in [1.29, 1.82) is 0 Å². The Morgan fingerprint density at radius 1 is 0.881 bits per heavy atom. The summed E-state index contributed by atoms with van der Waals surface area (Å²) in [4.78, 5) is 28.6. The van der Waals surface area contributed by atoms with Crippen LogP contribution in [0.25, 0.3) is 10.8 Å². The summed E-state index contributed by atoms with van der Waals surface area (Å²) in [6.07, 6.45) is 0.405. The summed E-state index contributed by atoms with van der Waals surface area (Å²) < 4.78 is 5.16. The van der Waals surface area contributed by atoms with Crippen LogP contribution in [0, 0.1) is 0 Å². The predicted octanol–water partition coefficient (Wildman–Crippen LogP) is 4.43. The van der Waals surface area contributed by atoms with Crippen LogP contribution in [0.1, 0.15) is 45.7 Å². The number of fused-ring (bicyclic) bond motifs is 1. The van der Waals surface area contributed by atoms with E-state index >= 15 is 0 Å². The number of hydrogen-bond donors (Lipinski definition) is 4. The lowest BCUT2D eigenvalue weighted by Gasteiger charge is -2.25. The van der Waals surface area contributed by atoms with Crippen molar-refractivity contribution in [3.8, 4) is 5.75 Å². The molecular formula is C33H36N4O5. The average molecular weight is 569 g/mol. The molecule has 0 spiro atoms. The summed E-state index contributed by atoms with van der Waals surface area (Å²) in [5.74, 6) is -0.128. The zero-order chi connectivity index (χ0) is 30.1. The minimum Gasteiger partial charge on any atom is -0.497 e. The van der Waals surface area contributed by atoms with E-state index in [2.05, 4.69) is 15.8 Å². The zero-order valence-corrected chi connectivity index (χ0v) is 23.9. The van der Waals surface area contributed by atoms with Crippen LogP contribution in [0.3, 0.4) is 0 Å². The molecule has 0 aliphatic heterocycles. The number of rotatable bonds is 12. The minimum atomic E-state index is -0.562. The Morgan fingerprint density at radius 2 is 1.55 bits per heavy atom. The van der Waals surface area contributed by atoms with E-state index in [1.165, 1.54) is 6.21 Å². The van der Waals surface area contributed by atoms with Gasteiger partial charge in [-0.3, -0.25) is 14.5 Å². The third-order valence-electron chi connectivity index (χ3n) is 6.51. The number of benzene rings is 4. The smallest absolute Gasteiger partial charge is 0.273 e. The fourth-order valence-corrected chi connectivity index (χ4v) is 4.66. The molecule has 9 heteroatoms. The van der Waals surface area contributed by atoms with Crippen molar-refractivity contribution in [2.24, 2.45) is 5.10 Å². The Kier molecular flexibility index (Phi) is 10.4. The van der Waals surface area contributed by atoms with E-state index in [-0.39, 0.29) is 11.5 Å². The van der Waals surface area contributed by atoms with E-state index in [4.69, 9.17) is 4.74 Å². The number of anilines is 1. The molecule has 4 aromatic carbocycles. The van der Waals surface area contributed by atoms with Crippen LogP contribution < -0.4 is 15.5 Å². The van der Waals surface area contributed by atoms with E-state index in [1.807, 2.05) is 47.4 Å². The van der Waals surface area contributed by atoms with Crippen LogP contribution in [0.2, 0.25) is 0 Å². The van der Waals surface area contributed by atoms with Gasteiger partial charge in [0.1, 0.15) is 5.75 Å². The van der Waals surface area contributed by atoms with Gasteiger partial charge in [0.2, 0.25) is 0 Å². The normalized spacial score (nSPS) is 12.8. The molecule has 4 rings (SSSR count). The molecule has 42 heavy (non-hydrogen) atoms. The maximum atomic E-state index is 13.4.